The van der Waals surface area contributed by atoms with E-state index in [1.165, 1.54) is 5.56 Å². The minimum atomic E-state index is -0.247. The van der Waals surface area contributed by atoms with Crippen molar-refractivity contribution in [2.75, 3.05) is 26.2 Å². The van der Waals surface area contributed by atoms with Crippen LogP contribution in [-0.4, -0.2) is 37.0 Å². The Bertz CT molecular complexity index is 490. The van der Waals surface area contributed by atoms with E-state index in [1.807, 2.05) is 0 Å². The van der Waals surface area contributed by atoms with Crippen LogP contribution in [-0.2, 0) is 11.2 Å². The lowest BCUT2D eigenvalue weighted by Gasteiger charge is -2.37. The van der Waals surface area contributed by atoms with E-state index in [1.54, 1.807) is 0 Å². The van der Waals surface area contributed by atoms with Gasteiger partial charge in [0.15, 0.2) is 0 Å². The molecule has 2 rings (SSSR count). The number of rotatable bonds is 8. The van der Waals surface area contributed by atoms with Crippen LogP contribution in [0.25, 0.3) is 0 Å². The van der Waals surface area contributed by atoms with Crippen molar-refractivity contribution in [1.82, 2.24) is 10.2 Å². The first kappa shape index (κ1) is 19.0. The van der Waals surface area contributed by atoms with E-state index < -0.39 is 0 Å². The van der Waals surface area contributed by atoms with Gasteiger partial charge in [-0.2, -0.15) is 0 Å². The molecule has 3 nitrogen and oxygen atoms in total. The van der Waals surface area contributed by atoms with Crippen LogP contribution in [0.15, 0.2) is 30.3 Å². The number of nitrogens with zero attached hydrogens (tertiary/aromatic N) is 1. The van der Waals surface area contributed by atoms with Gasteiger partial charge in [-0.05, 0) is 56.7 Å². The zero-order valence-electron chi connectivity index (χ0n) is 15.7. The van der Waals surface area contributed by atoms with Crippen molar-refractivity contribution in [2.45, 2.75) is 52.9 Å². The summed E-state index contributed by atoms with van der Waals surface area (Å²) in [6.07, 6.45) is 5.36. The zero-order chi connectivity index (χ0) is 17.4. The molecule has 1 fully saturated rings. The van der Waals surface area contributed by atoms with E-state index in [0.29, 0.717) is 5.91 Å². The second-order valence-corrected chi connectivity index (χ2v) is 7.77. The number of piperidine rings is 1. The van der Waals surface area contributed by atoms with Gasteiger partial charge in [-0.3, -0.25) is 4.79 Å². The van der Waals surface area contributed by atoms with Gasteiger partial charge in [-0.15, -0.1) is 0 Å². The molecule has 0 bridgehead atoms. The minimum Gasteiger partial charge on any atom is -0.342 e. The highest BCUT2D eigenvalue weighted by molar-refractivity contribution is 5.82. The molecular formula is C21H34N2O. The summed E-state index contributed by atoms with van der Waals surface area (Å²) >= 11 is 0. The maximum atomic E-state index is 12.9. The van der Waals surface area contributed by atoms with E-state index in [-0.39, 0.29) is 5.41 Å². The normalized spacial score (nSPS) is 16.4. The molecule has 0 spiro atoms. The molecule has 0 atom stereocenters. The van der Waals surface area contributed by atoms with E-state index in [4.69, 9.17) is 0 Å². The highest BCUT2D eigenvalue weighted by Gasteiger charge is 2.33. The van der Waals surface area contributed by atoms with Gasteiger partial charge in [-0.1, -0.05) is 51.1 Å². The van der Waals surface area contributed by atoms with Gasteiger partial charge in [0.25, 0.3) is 0 Å². The maximum absolute atomic E-state index is 12.9. The van der Waals surface area contributed by atoms with Gasteiger partial charge in [-0.25, -0.2) is 0 Å². The van der Waals surface area contributed by atoms with Crippen molar-refractivity contribution >= 4 is 5.91 Å². The van der Waals surface area contributed by atoms with Crippen molar-refractivity contribution in [3.05, 3.63) is 35.9 Å². The first-order valence-corrected chi connectivity index (χ1v) is 9.57. The zero-order valence-corrected chi connectivity index (χ0v) is 15.7. The fourth-order valence-electron chi connectivity index (χ4n) is 3.60. The summed E-state index contributed by atoms with van der Waals surface area (Å²) in [7, 11) is 0. The van der Waals surface area contributed by atoms with E-state index in [0.717, 1.165) is 64.2 Å². The quantitative estimate of drug-likeness (QED) is 0.784. The van der Waals surface area contributed by atoms with Crippen LogP contribution in [0.5, 0.6) is 0 Å². The lowest BCUT2D eigenvalue weighted by Crippen LogP contribution is -2.46. The molecule has 1 amide bonds. The molecule has 0 saturated carbocycles. The molecule has 1 aromatic rings. The maximum Gasteiger partial charge on any atom is 0.228 e. The summed E-state index contributed by atoms with van der Waals surface area (Å²) in [4.78, 5) is 15.0. The largest absolute Gasteiger partial charge is 0.342 e. The summed E-state index contributed by atoms with van der Waals surface area (Å²) in [6.45, 7) is 10.4. The lowest BCUT2D eigenvalue weighted by atomic mass is 9.84. The van der Waals surface area contributed by atoms with Crippen LogP contribution in [0.4, 0.5) is 0 Å². The molecule has 3 heteroatoms. The van der Waals surface area contributed by atoms with Gasteiger partial charge in [0.1, 0.15) is 0 Å². The molecule has 1 aliphatic heterocycles. The monoisotopic (exact) mass is 330 g/mol. The molecule has 0 aliphatic carbocycles. The van der Waals surface area contributed by atoms with Crippen LogP contribution in [0, 0.1) is 11.3 Å². The highest BCUT2D eigenvalue weighted by Crippen LogP contribution is 2.28. The van der Waals surface area contributed by atoms with E-state index in [2.05, 4.69) is 61.3 Å². The predicted molar refractivity (Wildman–Crippen MR) is 101 cm³/mol. The molecule has 1 aromatic carbocycles. The Morgan fingerprint density at radius 3 is 2.50 bits per heavy atom. The van der Waals surface area contributed by atoms with Crippen LogP contribution >= 0.6 is 0 Å². The topological polar surface area (TPSA) is 32.3 Å². The number of hydrogen-bond acceptors (Lipinski definition) is 2. The third-order valence-corrected chi connectivity index (χ3v) is 5.27. The minimum absolute atomic E-state index is 0.247. The van der Waals surface area contributed by atoms with Crippen molar-refractivity contribution < 1.29 is 4.79 Å². The Labute approximate surface area is 147 Å². The van der Waals surface area contributed by atoms with Gasteiger partial charge < -0.3 is 10.2 Å². The summed E-state index contributed by atoms with van der Waals surface area (Å²) in [5, 5.41) is 3.43. The Balaban J connectivity index is 1.76. The van der Waals surface area contributed by atoms with Gasteiger partial charge in [0.2, 0.25) is 5.91 Å². The van der Waals surface area contributed by atoms with E-state index in [9.17, 15) is 4.79 Å². The van der Waals surface area contributed by atoms with Gasteiger partial charge in [0, 0.05) is 18.5 Å². The Hall–Kier alpha value is -1.35. The third kappa shape index (κ3) is 5.62. The number of aryl methyl sites for hydroxylation is 1. The fourth-order valence-corrected chi connectivity index (χ4v) is 3.60. The Kier molecular flexibility index (Phi) is 7.29. The Morgan fingerprint density at radius 2 is 1.88 bits per heavy atom. The summed E-state index contributed by atoms with van der Waals surface area (Å²) in [5.74, 6) is 1.08. The van der Waals surface area contributed by atoms with Crippen LogP contribution in [0.1, 0.15) is 52.0 Å². The highest BCUT2D eigenvalue weighted by atomic mass is 16.2. The second-order valence-electron chi connectivity index (χ2n) is 7.77. The summed E-state index contributed by atoms with van der Waals surface area (Å²) in [6, 6.07) is 10.6. The molecule has 134 valence electrons. The second kappa shape index (κ2) is 9.22. The molecule has 1 aliphatic rings. The molecule has 24 heavy (non-hydrogen) atoms. The van der Waals surface area contributed by atoms with Crippen LogP contribution < -0.4 is 5.32 Å². The molecule has 0 unspecified atom stereocenters. The number of likely N-dealkylation sites (tertiary alicyclic amines) is 1. The van der Waals surface area contributed by atoms with Crippen molar-refractivity contribution in [3.8, 4) is 0 Å². The number of carbonyl (C=O) groups excluding carboxylic acids is 1. The van der Waals surface area contributed by atoms with Crippen molar-refractivity contribution in [1.29, 1.82) is 0 Å². The molecule has 0 aromatic heterocycles. The third-order valence-electron chi connectivity index (χ3n) is 5.27. The van der Waals surface area contributed by atoms with E-state index >= 15 is 0 Å². The molecule has 1 heterocycles. The Morgan fingerprint density at radius 1 is 1.21 bits per heavy atom. The van der Waals surface area contributed by atoms with Crippen LogP contribution in [0.3, 0.4) is 0 Å². The molecule has 0 radical (unpaired) electrons. The lowest BCUT2D eigenvalue weighted by molar-refractivity contribution is -0.142. The van der Waals surface area contributed by atoms with Gasteiger partial charge in [0.05, 0.1) is 0 Å². The molecule has 1 N–H and O–H groups in total. The summed E-state index contributed by atoms with van der Waals surface area (Å²) < 4.78 is 0. The van der Waals surface area contributed by atoms with Crippen molar-refractivity contribution in [3.63, 3.8) is 0 Å². The van der Waals surface area contributed by atoms with Gasteiger partial charge >= 0.3 is 0 Å². The van der Waals surface area contributed by atoms with Crippen molar-refractivity contribution in [2.24, 2.45) is 11.3 Å². The predicted octanol–water partition coefficient (Wildman–Crippen LogP) is 3.88. The smallest absolute Gasteiger partial charge is 0.228 e. The average molecular weight is 331 g/mol. The standard InChI is InChI=1S/C21H34N2O/c1-4-22-17-19-12-15-23(16-13-19)20(24)21(2,3)14-8-11-18-9-6-5-7-10-18/h5-7,9-10,19,22H,4,8,11-17H2,1-3H3. The number of carbonyl (C=O) groups is 1. The number of amides is 1. The number of benzene rings is 1. The SMILES string of the molecule is CCNCC1CCN(C(=O)C(C)(C)CCCc2ccccc2)CC1. The first-order valence-electron chi connectivity index (χ1n) is 9.57. The first-order chi connectivity index (χ1) is 11.5. The summed E-state index contributed by atoms with van der Waals surface area (Å²) in [5.41, 5.74) is 1.12. The van der Waals surface area contributed by atoms with Crippen LogP contribution in [0.2, 0.25) is 0 Å². The number of hydrogen-bond donors (Lipinski definition) is 1. The fraction of sp³-hybridized carbons (Fsp3) is 0.667. The molecular weight excluding hydrogens is 296 g/mol. The average Bonchev–Trinajstić information content (AvgIpc) is 2.60. The molecule has 1 saturated heterocycles. The number of nitrogens with one attached hydrogen (secondary N) is 1.